The fraction of sp³-hybridized carbons (Fsp3) is 0.353. The molecular formula is C17H17N3O2. The lowest BCUT2D eigenvalue weighted by molar-refractivity contribution is 0.0578. The van der Waals surface area contributed by atoms with Crippen molar-refractivity contribution in [2.75, 3.05) is 7.11 Å². The number of ether oxygens (including phenoxy) is 1. The minimum Gasteiger partial charge on any atom is -0.464 e. The zero-order chi connectivity index (χ0) is 15.7. The Hall–Kier alpha value is -2.61. The Balaban J connectivity index is 2.09. The van der Waals surface area contributed by atoms with Crippen LogP contribution in [0.1, 0.15) is 46.9 Å². The van der Waals surface area contributed by atoms with Crippen molar-refractivity contribution in [1.29, 1.82) is 5.26 Å². The highest BCUT2D eigenvalue weighted by Crippen LogP contribution is 2.35. The second-order valence-electron chi connectivity index (χ2n) is 5.53. The summed E-state index contributed by atoms with van der Waals surface area (Å²) in [6.45, 7) is 1.89. The van der Waals surface area contributed by atoms with Crippen LogP contribution in [0.2, 0.25) is 0 Å². The summed E-state index contributed by atoms with van der Waals surface area (Å²) in [6, 6.07) is 9.62. The average molecular weight is 295 g/mol. The molecule has 1 saturated carbocycles. The van der Waals surface area contributed by atoms with Gasteiger partial charge in [-0.15, -0.1) is 0 Å². The number of hydrogen-bond acceptors (Lipinski definition) is 4. The Morgan fingerprint density at radius 3 is 2.55 bits per heavy atom. The number of nitrogens with zero attached hydrogens (tertiary/aromatic N) is 3. The van der Waals surface area contributed by atoms with Gasteiger partial charge < -0.3 is 4.74 Å². The quantitative estimate of drug-likeness (QED) is 0.815. The van der Waals surface area contributed by atoms with Gasteiger partial charge in [0.15, 0.2) is 0 Å². The van der Waals surface area contributed by atoms with Crippen molar-refractivity contribution in [3.05, 3.63) is 41.1 Å². The predicted molar refractivity (Wildman–Crippen MR) is 81.3 cm³/mol. The van der Waals surface area contributed by atoms with Gasteiger partial charge in [0.25, 0.3) is 0 Å². The maximum Gasteiger partial charge on any atom is 0.356 e. The van der Waals surface area contributed by atoms with E-state index in [9.17, 15) is 4.79 Å². The zero-order valence-corrected chi connectivity index (χ0v) is 12.7. The minimum absolute atomic E-state index is 0.278. The molecule has 0 saturated heterocycles. The molecule has 3 rings (SSSR count). The summed E-state index contributed by atoms with van der Waals surface area (Å²) in [4.78, 5) is 12.1. The van der Waals surface area contributed by atoms with Crippen LogP contribution in [0, 0.1) is 18.3 Å². The lowest BCUT2D eigenvalue weighted by Crippen LogP contribution is -2.23. The highest BCUT2D eigenvalue weighted by molar-refractivity contribution is 5.91. The molecule has 0 atom stereocenters. The summed E-state index contributed by atoms with van der Waals surface area (Å²) in [5, 5.41) is 13.5. The van der Waals surface area contributed by atoms with Gasteiger partial charge in [0.1, 0.15) is 5.69 Å². The molecule has 0 N–H and O–H groups in total. The SMILES string of the molecule is COC(=O)c1c(C)c(-c2ccc(C#N)cc2)nn1C1CCC1. The summed E-state index contributed by atoms with van der Waals surface area (Å²) < 4.78 is 6.74. The first-order chi connectivity index (χ1) is 10.7. The summed E-state index contributed by atoms with van der Waals surface area (Å²) in [5.41, 5.74) is 3.64. The molecule has 0 radical (unpaired) electrons. The molecule has 0 bridgehead atoms. The molecule has 1 aromatic heterocycles. The molecule has 112 valence electrons. The first-order valence-corrected chi connectivity index (χ1v) is 7.33. The Morgan fingerprint density at radius 1 is 1.36 bits per heavy atom. The summed E-state index contributed by atoms with van der Waals surface area (Å²) in [5.74, 6) is -0.350. The molecule has 5 nitrogen and oxygen atoms in total. The van der Waals surface area contributed by atoms with Crippen molar-refractivity contribution in [2.24, 2.45) is 0 Å². The molecule has 1 aromatic carbocycles. The molecule has 1 fully saturated rings. The van der Waals surface area contributed by atoms with E-state index in [4.69, 9.17) is 10.00 Å². The molecule has 0 spiro atoms. The zero-order valence-electron chi connectivity index (χ0n) is 12.7. The molecule has 0 amide bonds. The summed E-state index contributed by atoms with van der Waals surface area (Å²) in [6.07, 6.45) is 3.24. The first kappa shape index (κ1) is 14.3. The molecule has 0 aliphatic heterocycles. The fourth-order valence-electron chi connectivity index (χ4n) is 2.73. The maximum atomic E-state index is 12.1. The Morgan fingerprint density at radius 2 is 2.05 bits per heavy atom. The highest BCUT2D eigenvalue weighted by Gasteiger charge is 2.29. The second kappa shape index (κ2) is 5.64. The smallest absolute Gasteiger partial charge is 0.356 e. The van der Waals surface area contributed by atoms with Crippen LogP contribution in [-0.4, -0.2) is 22.9 Å². The largest absolute Gasteiger partial charge is 0.464 e. The number of carbonyl (C=O) groups excluding carboxylic acids is 1. The van der Waals surface area contributed by atoms with E-state index in [1.54, 1.807) is 12.1 Å². The van der Waals surface area contributed by atoms with Gasteiger partial charge in [-0.2, -0.15) is 10.4 Å². The number of aromatic nitrogens is 2. The third-order valence-electron chi connectivity index (χ3n) is 4.23. The van der Waals surface area contributed by atoms with E-state index in [2.05, 4.69) is 11.2 Å². The number of esters is 1. The number of methoxy groups -OCH3 is 1. The van der Waals surface area contributed by atoms with Crippen LogP contribution in [0.4, 0.5) is 0 Å². The van der Waals surface area contributed by atoms with Crippen molar-refractivity contribution in [1.82, 2.24) is 9.78 Å². The van der Waals surface area contributed by atoms with Crippen LogP contribution < -0.4 is 0 Å². The standard InChI is InChI=1S/C17H17N3O2/c1-11-15(13-8-6-12(10-18)7-9-13)19-20(14-4-3-5-14)16(11)17(21)22-2/h6-9,14H,3-5H2,1-2H3. The average Bonchev–Trinajstić information content (AvgIpc) is 2.82. The van der Waals surface area contributed by atoms with Crippen molar-refractivity contribution >= 4 is 5.97 Å². The van der Waals surface area contributed by atoms with E-state index in [-0.39, 0.29) is 12.0 Å². The van der Waals surface area contributed by atoms with Crippen LogP contribution >= 0.6 is 0 Å². The van der Waals surface area contributed by atoms with Crippen LogP contribution in [0.3, 0.4) is 0 Å². The van der Waals surface area contributed by atoms with E-state index in [0.29, 0.717) is 11.3 Å². The first-order valence-electron chi connectivity index (χ1n) is 7.33. The van der Waals surface area contributed by atoms with E-state index in [1.807, 2.05) is 23.7 Å². The van der Waals surface area contributed by atoms with Crippen LogP contribution in [0.5, 0.6) is 0 Å². The molecule has 1 aliphatic rings. The normalized spacial score (nSPS) is 14.2. The maximum absolute atomic E-state index is 12.1. The number of nitriles is 1. The number of rotatable bonds is 3. The topological polar surface area (TPSA) is 67.9 Å². The van der Waals surface area contributed by atoms with E-state index in [0.717, 1.165) is 36.1 Å². The van der Waals surface area contributed by atoms with E-state index >= 15 is 0 Å². The molecule has 0 unspecified atom stereocenters. The van der Waals surface area contributed by atoms with Crippen molar-refractivity contribution < 1.29 is 9.53 Å². The predicted octanol–water partition coefficient (Wildman–Crippen LogP) is 3.24. The fourth-order valence-corrected chi connectivity index (χ4v) is 2.73. The molecular weight excluding hydrogens is 278 g/mol. The lowest BCUT2D eigenvalue weighted by atomic mass is 9.93. The van der Waals surface area contributed by atoms with Crippen LogP contribution in [-0.2, 0) is 4.74 Å². The van der Waals surface area contributed by atoms with Gasteiger partial charge >= 0.3 is 5.97 Å². The van der Waals surface area contributed by atoms with Crippen molar-refractivity contribution in [2.45, 2.75) is 32.2 Å². The second-order valence-corrected chi connectivity index (χ2v) is 5.53. The lowest BCUT2D eigenvalue weighted by Gasteiger charge is -2.27. The Labute approximate surface area is 129 Å². The van der Waals surface area contributed by atoms with Gasteiger partial charge in [-0.05, 0) is 38.3 Å². The third-order valence-corrected chi connectivity index (χ3v) is 4.23. The number of benzene rings is 1. The highest BCUT2D eigenvalue weighted by atomic mass is 16.5. The van der Waals surface area contributed by atoms with Crippen molar-refractivity contribution in [3.63, 3.8) is 0 Å². The molecule has 2 aromatic rings. The molecule has 1 aliphatic carbocycles. The minimum atomic E-state index is -0.350. The van der Waals surface area contributed by atoms with Crippen LogP contribution in [0.25, 0.3) is 11.3 Å². The van der Waals surface area contributed by atoms with Gasteiger partial charge in [0, 0.05) is 11.1 Å². The Bertz CT molecular complexity index is 749. The van der Waals surface area contributed by atoms with Gasteiger partial charge in [-0.3, -0.25) is 4.68 Å². The van der Waals surface area contributed by atoms with Crippen LogP contribution in [0.15, 0.2) is 24.3 Å². The number of carbonyl (C=O) groups is 1. The third kappa shape index (κ3) is 2.27. The van der Waals surface area contributed by atoms with Gasteiger partial charge in [0.05, 0.1) is 30.5 Å². The van der Waals surface area contributed by atoms with Gasteiger partial charge in [-0.25, -0.2) is 4.79 Å². The summed E-state index contributed by atoms with van der Waals surface area (Å²) in [7, 11) is 1.39. The van der Waals surface area contributed by atoms with Gasteiger partial charge in [-0.1, -0.05) is 12.1 Å². The Kier molecular flexibility index (Phi) is 3.68. The molecule has 5 heteroatoms. The van der Waals surface area contributed by atoms with E-state index < -0.39 is 0 Å². The monoisotopic (exact) mass is 295 g/mol. The molecule has 22 heavy (non-hydrogen) atoms. The van der Waals surface area contributed by atoms with E-state index in [1.165, 1.54) is 7.11 Å². The van der Waals surface area contributed by atoms with Crippen molar-refractivity contribution in [3.8, 4) is 17.3 Å². The number of hydrogen-bond donors (Lipinski definition) is 0. The van der Waals surface area contributed by atoms with Gasteiger partial charge in [0.2, 0.25) is 0 Å². The molecule has 1 heterocycles. The summed E-state index contributed by atoms with van der Waals surface area (Å²) >= 11 is 0.